The molecule has 7 heteroatoms. The molecule has 23 heavy (non-hydrogen) atoms. The zero-order chi connectivity index (χ0) is 16.4. The third kappa shape index (κ3) is 3.58. The number of nitrogens with zero attached hydrogens (tertiary/aromatic N) is 1. The molecule has 2 aromatic carbocycles. The number of halogens is 2. The number of anilines is 2. The van der Waals surface area contributed by atoms with Crippen LogP contribution in [0, 0.1) is 0 Å². The Morgan fingerprint density at radius 1 is 1.00 bits per heavy atom. The molecule has 2 aromatic rings. The highest BCUT2D eigenvalue weighted by molar-refractivity contribution is 7.90. The number of hydrogen-bond donors (Lipinski definition) is 1. The van der Waals surface area contributed by atoms with Gasteiger partial charge < -0.3 is 5.32 Å². The SMILES string of the molecule is O=C1/C(=C\Nc2ccc(Cl)cc2)S(=O)CN1c1ccc(Cl)cc1. The average Bonchev–Trinajstić information content (AvgIpc) is 2.82. The van der Waals surface area contributed by atoms with Gasteiger partial charge in [-0.3, -0.25) is 13.9 Å². The van der Waals surface area contributed by atoms with Gasteiger partial charge >= 0.3 is 0 Å². The molecule has 1 saturated heterocycles. The lowest BCUT2D eigenvalue weighted by Crippen LogP contribution is -2.24. The van der Waals surface area contributed by atoms with Crippen LogP contribution in [0.4, 0.5) is 11.4 Å². The van der Waals surface area contributed by atoms with Crippen LogP contribution in [0.15, 0.2) is 59.6 Å². The minimum Gasteiger partial charge on any atom is -0.360 e. The van der Waals surface area contributed by atoms with Gasteiger partial charge in [0.25, 0.3) is 5.91 Å². The number of benzene rings is 2. The van der Waals surface area contributed by atoms with Gasteiger partial charge in [0, 0.05) is 27.6 Å². The molecule has 1 unspecified atom stereocenters. The van der Waals surface area contributed by atoms with E-state index >= 15 is 0 Å². The Morgan fingerprint density at radius 3 is 2.17 bits per heavy atom. The highest BCUT2D eigenvalue weighted by atomic mass is 35.5. The van der Waals surface area contributed by atoms with Crippen molar-refractivity contribution in [3.8, 4) is 0 Å². The zero-order valence-electron chi connectivity index (χ0n) is 11.8. The smallest absolute Gasteiger partial charge is 0.269 e. The first-order valence-electron chi connectivity index (χ1n) is 6.73. The molecule has 1 fully saturated rings. The molecule has 1 aliphatic rings. The van der Waals surface area contributed by atoms with Gasteiger partial charge in [-0.2, -0.15) is 0 Å². The van der Waals surface area contributed by atoms with Gasteiger partial charge in [0.2, 0.25) is 0 Å². The molecule has 0 radical (unpaired) electrons. The molecular weight excluding hydrogens is 355 g/mol. The van der Waals surface area contributed by atoms with Crippen molar-refractivity contribution in [2.75, 3.05) is 16.1 Å². The highest BCUT2D eigenvalue weighted by Gasteiger charge is 2.33. The Morgan fingerprint density at radius 2 is 1.57 bits per heavy atom. The minimum atomic E-state index is -1.39. The minimum absolute atomic E-state index is 0.134. The molecule has 118 valence electrons. The predicted octanol–water partition coefficient (Wildman–Crippen LogP) is 4.00. The Labute approximate surface area is 146 Å². The zero-order valence-corrected chi connectivity index (χ0v) is 14.2. The van der Waals surface area contributed by atoms with E-state index in [0.29, 0.717) is 15.7 Å². The van der Waals surface area contributed by atoms with Crippen LogP contribution in [0.3, 0.4) is 0 Å². The summed E-state index contributed by atoms with van der Waals surface area (Å²) in [5, 5.41) is 4.18. The van der Waals surface area contributed by atoms with E-state index in [1.807, 2.05) is 0 Å². The Hall–Kier alpha value is -1.82. The summed E-state index contributed by atoms with van der Waals surface area (Å²) < 4.78 is 12.2. The van der Waals surface area contributed by atoms with Crippen LogP contribution in [0.5, 0.6) is 0 Å². The summed E-state index contributed by atoms with van der Waals surface area (Å²) in [4.78, 5) is 14.2. The van der Waals surface area contributed by atoms with Crippen molar-refractivity contribution in [1.29, 1.82) is 0 Å². The van der Waals surface area contributed by atoms with Gasteiger partial charge in [-0.15, -0.1) is 0 Å². The maximum atomic E-state index is 12.4. The number of rotatable bonds is 3. The number of hydrogen-bond acceptors (Lipinski definition) is 3. The topological polar surface area (TPSA) is 49.4 Å². The lowest BCUT2D eigenvalue weighted by atomic mass is 10.3. The molecule has 0 aromatic heterocycles. The van der Waals surface area contributed by atoms with Crippen LogP contribution < -0.4 is 10.2 Å². The number of carbonyl (C=O) groups excluding carboxylic acids is 1. The Balaban J connectivity index is 1.79. The second-order valence-corrected chi connectivity index (χ2v) is 7.11. The van der Waals surface area contributed by atoms with Crippen LogP contribution in [0.25, 0.3) is 0 Å². The van der Waals surface area contributed by atoms with E-state index in [9.17, 15) is 9.00 Å². The van der Waals surface area contributed by atoms with Gasteiger partial charge in [-0.05, 0) is 48.5 Å². The Bertz CT molecular complexity index is 789. The predicted molar refractivity (Wildman–Crippen MR) is 95.1 cm³/mol. The maximum absolute atomic E-state index is 12.4. The monoisotopic (exact) mass is 366 g/mol. The van der Waals surface area contributed by atoms with E-state index in [1.54, 1.807) is 48.5 Å². The average molecular weight is 367 g/mol. The standard InChI is InChI=1S/C16H12Cl2N2O2S/c17-11-1-5-13(6-2-11)19-9-15-16(21)20(10-23(15)22)14-7-3-12(18)4-8-14/h1-9,19H,10H2/b15-9+. The maximum Gasteiger partial charge on any atom is 0.269 e. The molecule has 0 bridgehead atoms. The van der Waals surface area contributed by atoms with E-state index < -0.39 is 10.8 Å². The molecule has 1 atom stereocenters. The molecule has 0 saturated carbocycles. The van der Waals surface area contributed by atoms with Gasteiger partial charge in [0.05, 0.1) is 10.8 Å². The highest BCUT2D eigenvalue weighted by Crippen LogP contribution is 2.26. The van der Waals surface area contributed by atoms with E-state index in [-0.39, 0.29) is 16.7 Å². The van der Waals surface area contributed by atoms with E-state index in [1.165, 1.54) is 11.1 Å². The van der Waals surface area contributed by atoms with Crippen molar-refractivity contribution < 1.29 is 9.00 Å². The van der Waals surface area contributed by atoms with E-state index in [0.717, 1.165) is 5.69 Å². The van der Waals surface area contributed by atoms with Crippen molar-refractivity contribution in [2.45, 2.75) is 0 Å². The van der Waals surface area contributed by atoms with Crippen LogP contribution >= 0.6 is 23.2 Å². The van der Waals surface area contributed by atoms with Crippen LogP contribution in [0.1, 0.15) is 0 Å². The summed E-state index contributed by atoms with van der Waals surface area (Å²) in [5.41, 5.74) is 1.43. The molecule has 1 aliphatic heterocycles. The lowest BCUT2D eigenvalue weighted by molar-refractivity contribution is -0.114. The van der Waals surface area contributed by atoms with Gasteiger partial charge in [0.1, 0.15) is 10.8 Å². The lowest BCUT2D eigenvalue weighted by Gasteiger charge is -2.13. The normalized spacial score (nSPS) is 19.4. The molecule has 0 aliphatic carbocycles. The third-order valence-electron chi connectivity index (χ3n) is 3.30. The molecule has 0 spiro atoms. The number of amides is 1. The summed E-state index contributed by atoms with van der Waals surface area (Å²) in [6, 6.07) is 13.9. The number of nitrogens with one attached hydrogen (secondary N) is 1. The fourth-order valence-electron chi connectivity index (χ4n) is 2.11. The molecular formula is C16H12Cl2N2O2S. The largest absolute Gasteiger partial charge is 0.360 e. The summed E-state index contributed by atoms with van der Waals surface area (Å²) in [6.45, 7) is 0. The van der Waals surface area contributed by atoms with Gasteiger partial charge in [0.15, 0.2) is 0 Å². The molecule has 4 nitrogen and oxygen atoms in total. The third-order valence-corrected chi connectivity index (χ3v) is 5.08. The second-order valence-electron chi connectivity index (χ2n) is 4.84. The van der Waals surface area contributed by atoms with Crippen molar-refractivity contribution in [3.05, 3.63) is 69.7 Å². The van der Waals surface area contributed by atoms with E-state index in [2.05, 4.69) is 5.32 Å². The van der Waals surface area contributed by atoms with Crippen LogP contribution in [-0.4, -0.2) is 16.0 Å². The molecule has 1 heterocycles. The summed E-state index contributed by atoms with van der Waals surface area (Å²) in [7, 11) is -1.39. The van der Waals surface area contributed by atoms with Crippen molar-refractivity contribution in [2.24, 2.45) is 0 Å². The first-order chi connectivity index (χ1) is 11.0. The summed E-state index contributed by atoms with van der Waals surface area (Å²) in [6.07, 6.45) is 1.48. The first-order valence-corrected chi connectivity index (χ1v) is 8.80. The molecule has 1 N–H and O–H groups in total. The Kier molecular flexibility index (Phi) is 4.71. The quantitative estimate of drug-likeness (QED) is 0.835. The summed E-state index contributed by atoms with van der Waals surface area (Å²) in [5.74, 6) is -0.152. The van der Waals surface area contributed by atoms with Crippen LogP contribution in [-0.2, 0) is 15.6 Å². The van der Waals surface area contributed by atoms with Crippen molar-refractivity contribution >= 4 is 51.3 Å². The van der Waals surface area contributed by atoms with Gasteiger partial charge in [-0.25, -0.2) is 0 Å². The molecule has 1 amide bonds. The van der Waals surface area contributed by atoms with Crippen molar-refractivity contribution in [1.82, 2.24) is 0 Å². The fourth-order valence-corrected chi connectivity index (χ4v) is 3.50. The first kappa shape index (κ1) is 16.1. The van der Waals surface area contributed by atoms with E-state index in [4.69, 9.17) is 23.2 Å². The molecule has 3 rings (SSSR count). The number of carbonyl (C=O) groups is 1. The second kappa shape index (κ2) is 6.74. The van der Waals surface area contributed by atoms with Gasteiger partial charge in [-0.1, -0.05) is 23.2 Å². The van der Waals surface area contributed by atoms with Crippen molar-refractivity contribution in [3.63, 3.8) is 0 Å². The fraction of sp³-hybridized carbons (Fsp3) is 0.0625. The van der Waals surface area contributed by atoms with Crippen LogP contribution in [0.2, 0.25) is 10.0 Å². The summed E-state index contributed by atoms with van der Waals surface area (Å²) >= 11 is 11.7.